The lowest BCUT2D eigenvalue weighted by molar-refractivity contribution is -0.148. The molecule has 1 aromatic carbocycles. The van der Waals surface area contributed by atoms with Gasteiger partial charge in [0.05, 0.1) is 33.0 Å². The van der Waals surface area contributed by atoms with Gasteiger partial charge in [0, 0.05) is 5.69 Å². The first-order valence-electron chi connectivity index (χ1n) is 8.38. The first-order chi connectivity index (χ1) is 13.2. The number of nitrogens with one attached hydrogen (secondary N) is 1. The SMILES string of the molecule is CCOP(=O)(OCC)C(C(=O)OC)C(Nc1ccccc1C(=O)O)C(=O)OC. The maximum atomic E-state index is 13.3. The Balaban J connectivity index is 3.52. The number of para-hydroxylation sites is 1. The molecule has 0 aliphatic carbocycles. The highest BCUT2D eigenvalue weighted by molar-refractivity contribution is 7.55. The highest BCUT2D eigenvalue weighted by atomic mass is 31.2. The number of carboxylic acids is 1. The van der Waals surface area contributed by atoms with E-state index in [1.165, 1.54) is 24.3 Å². The number of carboxylic acid groups (broad SMARTS) is 1. The van der Waals surface area contributed by atoms with Crippen LogP contribution in [0.1, 0.15) is 24.2 Å². The molecular weight excluding hydrogens is 393 g/mol. The number of carbonyl (C=O) groups is 3. The summed E-state index contributed by atoms with van der Waals surface area (Å²) in [7, 11) is -2.06. The number of aromatic carboxylic acids is 1. The number of carbonyl (C=O) groups excluding carboxylic acids is 2. The lowest BCUT2D eigenvalue weighted by Gasteiger charge is -2.30. The lowest BCUT2D eigenvalue weighted by atomic mass is 10.1. The highest BCUT2D eigenvalue weighted by Gasteiger charge is 2.51. The minimum Gasteiger partial charge on any atom is -0.478 e. The summed E-state index contributed by atoms with van der Waals surface area (Å²) in [6.07, 6.45) is 0. The Bertz CT molecular complexity index is 742. The van der Waals surface area contributed by atoms with E-state index < -0.39 is 37.2 Å². The third-order valence-electron chi connectivity index (χ3n) is 3.64. The molecule has 0 bridgehead atoms. The van der Waals surface area contributed by atoms with Crippen LogP contribution < -0.4 is 5.32 Å². The van der Waals surface area contributed by atoms with E-state index in [9.17, 15) is 24.1 Å². The van der Waals surface area contributed by atoms with Gasteiger partial charge in [0.15, 0.2) is 5.66 Å². The molecule has 0 aliphatic heterocycles. The third-order valence-corrected chi connectivity index (χ3v) is 6.07. The molecule has 28 heavy (non-hydrogen) atoms. The van der Waals surface area contributed by atoms with Crippen molar-refractivity contribution in [3.8, 4) is 0 Å². The first-order valence-corrected chi connectivity index (χ1v) is 10.00. The second-order valence-electron chi connectivity index (χ2n) is 5.34. The Morgan fingerprint density at radius 2 is 1.57 bits per heavy atom. The number of methoxy groups -OCH3 is 2. The normalized spacial score (nSPS) is 13.3. The molecule has 2 atom stereocenters. The molecule has 1 rings (SSSR count). The van der Waals surface area contributed by atoms with Crippen molar-refractivity contribution in [3.63, 3.8) is 0 Å². The summed E-state index contributed by atoms with van der Waals surface area (Å²) in [5, 5.41) is 12.0. The van der Waals surface area contributed by atoms with E-state index in [1.54, 1.807) is 13.8 Å². The van der Waals surface area contributed by atoms with E-state index in [2.05, 4.69) is 5.32 Å². The first kappa shape index (κ1) is 23.6. The largest absolute Gasteiger partial charge is 0.478 e. The van der Waals surface area contributed by atoms with Crippen LogP contribution in [0, 0.1) is 0 Å². The number of anilines is 1. The number of hydrogen-bond acceptors (Lipinski definition) is 9. The molecule has 0 spiro atoms. The molecule has 0 saturated heterocycles. The third kappa shape index (κ3) is 5.54. The quantitative estimate of drug-likeness (QED) is 0.407. The van der Waals surface area contributed by atoms with Crippen LogP contribution in [0.4, 0.5) is 5.69 Å². The standard InChI is InChI=1S/C17H24NO9P/c1-5-26-28(23,27-6-2)14(17(22)25-4)13(16(21)24-3)18-12-10-8-7-9-11(12)15(19)20/h7-10,13-14,18H,5-6H2,1-4H3,(H,19,20). The van der Waals surface area contributed by atoms with Crippen LogP contribution in [0.3, 0.4) is 0 Å². The monoisotopic (exact) mass is 417 g/mol. The minimum absolute atomic E-state index is 0.0128. The van der Waals surface area contributed by atoms with Crippen LogP contribution in [-0.2, 0) is 32.7 Å². The van der Waals surface area contributed by atoms with E-state index in [0.717, 1.165) is 14.2 Å². The Hall–Kier alpha value is -2.42. The molecule has 0 aliphatic rings. The fourth-order valence-corrected chi connectivity index (χ4v) is 4.52. The second kappa shape index (κ2) is 10.8. The van der Waals surface area contributed by atoms with Gasteiger partial charge in [0.25, 0.3) is 0 Å². The van der Waals surface area contributed by atoms with Gasteiger partial charge in [-0.2, -0.15) is 0 Å². The highest BCUT2D eigenvalue weighted by Crippen LogP contribution is 2.55. The van der Waals surface area contributed by atoms with Crippen LogP contribution in [0.25, 0.3) is 0 Å². The van der Waals surface area contributed by atoms with Crippen molar-refractivity contribution >= 4 is 31.2 Å². The molecular formula is C17H24NO9P. The van der Waals surface area contributed by atoms with Crippen LogP contribution in [-0.4, -0.2) is 62.1 Å². The molecule has 0 aromatic heterocycles. The van der Waals surface area contributed by atoms with Gasteiger partial charge in [-0.3, -0.25) is 9.36 Å². The molecule has 0 saturated carbocycles. The smallest absolute Gasteiger partial charge is 0.347 e. The summed E-state index contributed by atoms with van der Waals surface area (Å²) >= 11 is 0. The van der Waals surface area contributed by atoms with Crippen molar-refractivity contribution in [2.75, 3.05) is 32.8 Å². The van der Waals surface area contributed by atoms with E-state index in [-0.39, 0.29) is 24.5 Å². The van der Waals surface area contributed by atoms with Gasteiger partial charge < -0.3 is 28.9 Å². The molecule has 2 unspecified atom stereocenters. The molecule has 0 heterocycles. The molecule has 10 nitrogen and oxygen atoms in total. The van der Waals surface area contributed by atoms with Crippen molar-refractivity contribution in [3.05, 3.63) is 29.8 Å². The van der Waals surface area contributed by atoms with Gasteiger partial charge in [0.1, 0.15) is 6.04 Å². The Morgan fingerprint density at radius 3 is 2.04 bits per heavy atom. The van der Waals surface area contributed by atoms with Crippen molar-refractivity contribution in [1.29, 1.82) is 0 Å². The van der Waals surface area contributed by atoms with Gasteiger partial charge in [-0.05, 0) is 26.0 Å². The summed E-state index contributed by atoms with van der Waals surface area (Å²) in [5.41, 5.74) is -1.88. The molecule has 0 radical (unpaired) electrons. The number of rotatable bonds is 11. The zero-order valence-corrected chi connectivity index (χ0v) is 16.9. The zero-order chi connectivity index (χ0) is 21.3. The van der Waals surface area contributed by atoms with E-state index in [4.69, 9.17) is 18.5 Å². The molecule has 0 fully saturated rings. The van der Waals surface area contributed by atoms with Gasteiger partial charge >= 0.3 is 25.5 Å². The fraction of sp³-hybridized carbons (Fsp3) is 0.471. The van der Waals surface area contributed by atoms with Gasteiger partial charge in [-0.15, -0.1) is 0 Å². The van der Waals surface area contributed by atoms with Crippen molar-refractivity contribution in [2.24, 2.45) is 0 Å². The lowest BCUT2D eigenvalue weighted by Crippen LogP contribution is -2.47. The molecule has 11 heteroatoms. The predicted octanol–water partition coefficient (Wildman–Crippen LogP) is 2.15. The van der Waals surface area contributed by atoms with Gasteiger partial charge in [-0.25, -0.2) is 9.59 Å². The van der Waals surface area contributed by atoms with E-state index in [1.807, 2.05) is 0 Å². The number of benzene rings is 1. The summed E-state index contributed by atoms with van der Waals surface area (Å²) in [6, 6.07) is 4.12. The maximum absolute atomic E-state index is 13.3. The Kier molecular flexibility index (Phi) is 9.11. The summed E-state index contributed by atoms with van der Waals surface area (Å²) in [6.45, 7) is 2.95. The predicted molar refractivity (Wildman–Crippen MR) is 99.5 cm³/mol. The Morgan fingerprint density at radius 1 is 1.04 bits per heavy atom. The van der Waals surface area contributed by atoms with E-state index >= 15 is 0 Å². The van der Waals surface area contributed by atoms with Gasteiger partial charge in [-0.1, -0.05) is 12.1 Å². The zero-order valence-electron chi connectivity index (χ0n) is 16.0. The van der Waals surface area contributed by atoms with Crippen molar-refractivity contribution in [2.45, 2.75) is 25.5 Å². The molecule has 1 aromatic rings. The van der Waals surface area contributed by atoms with Crippen molar-refractivity contribution < 1.29 is 42.6 Å². The number of ether oxygens (including phenoxy) is 2. The summed E-state index contributed by atoms with van der Waals surface area (Å²) in [5.74, 6) is -3.28. The van der Waals surface area contributed by atoms with Crippen molar-refractivity contribution in [1.82, 2.24) is 0 Å². The molecule has 0 amide bonds. The fourth-order valence-electron chi connectivity index (χ4n) is 2.48. The number of esters is 2. The Labute approximate surface area is 162 Å². The van der Waals surface area contributed by atoms with Crippen LogP contribution >= 0.6 is 7.60 Å². The van der Waals surface area contributed by atoms with E-state index in [0.29, 0.717) is 0 Å². The summed E-state index contributed by atoms with van der Waals surface area (Å²) < 4.78 is 33.1. The second-order valence-corrected chi connectivity index (χ2v) is 7.49. The number of hydrogen-bond donors (Lipinski definition) is 2. The summed E-state index contributed by atoms with van der Waals surface area (Å²) in [4.78, 5) is 36.4. The minimum atomic E-state index is -4.19. The topological polar surface area (TPSA) is 137 Å². The average Bonchev–Trinajstić information content (AvgIpc) is 2.67. The molecule has 156 valence electrons. The van der Waals surface area contributed by atoms with Crippen LogP contribution in [0.15, 0.2) is 24.3 Å². The van der Waals surface area contributed by atoms with Crippen LogP contribution in [0.2, 0.25) is 0 Å². The molecule has 2 N–H and O–H groups in total. The average molecular weight is 417 g/mol. The van der Waals surface area contributed by atoms with Crippen LogP contribution in [0.5, 0.6) is 0 Å². The maximum Gasteiger partial charge on any atom is 0.347 e. The van der Waals surface area contributed by atoms with Gasteiger partial charge in [0.2, 0.25) is 0 Å².